The van der Waals surface area contributed by atoms with Gasteiger partial charge in [0.1, 0.15) is 0 Å². The molecule has 0 saturated carbocycles. The summed E-state index contributed by atoms with van der Waals surface area (Å²) in [4.78, 5) is 25.4. The zero-order valence-corrected chi connectivity index (χ0v) is 14.2. The quantitative estimate of drug-likeness (QED) is 0.829. The molecular formula is C19H22N2O3. The van der Waals surface area contributed by atoms with Gasteiger partial charge in [0, 0.05) is 31.9 Å². The highest BCUT2D eigenvalue weighted by Gasteiger charge is 2.07. The molecule has 0 aliphatic rings. The van der Waals surface area contributed by atoms with Gasteiger partial charge in [0.2, 0.25) is 5.91 Å². The maximum Gasteiger partial charge on any atom is 0.337 e. The van der Waals surface area contributed by atoms with Crippen molar-refractivity contribution in [1.82, 2.24) is 0 Å². The van der Waals surface area contributed by atoms with Crippen molar-refractivity contribution < 1.29 is 14.3 Å². The number of hydrogen-bond acceptors (Lipinski definition) is 4. The minimum Gasteiger partial charge on any atom is -0.465 e. The van der Waals surface area contributed by atoms with Crippen LogP contribution in [0.1, 0.15) is 22.3 Å². The van der Waals surface area contributed by atoms with E-state index in [1.54, 1.807) is 24.3 Å². The SMILES string of the molecule is COC(=O)c1ccc(NC(=O)CCc2ccc(N(C)C)cc2)cc1. The van der Waals surface area contributed by atoms with Gasteiger partial charge in [-0.15, -0.1) is 0 Å². The molecule has 2 aromatic carbocycles. The number of nitrogens with one attached hydrogen (secondary N) is 1. The van der Waals surface area contributed by atoms with E-state index in [2.05, 4.69) is 10.1 Å². The summed E-state index contributed by atoms with van der Waals surface area (Å²) >= 11 is 0. The van der Waals surface area contributed by atoms with Crippen LogP contribution in [0.5, 0.6) is 0 Å². The van der Waals surface area contributed by atoms with E-state index >= 15 is 0 Å². The summed E-state index contributed by atoms with van der Waals surface area (Å²) < 4.78 is 4.64. The molecule has 0 unspecified atom stereocenters. The summed E-state index contributed by atoms with van der Waals surface area (Å²) in [6, 6.07) is 14.8. The van der Waals surface area contributed by atoms with Crippen LogP contribution in [0.4, 0.5) is 11.4 Å². The molecule has 0 saturated heterocycles. The highest BCUT2D eigenvalue weighted by atomic mass is 16.5. The second-order valence-electron chi connectivity index (χ2n) is 5.68. The summed E-state index contributed by atoms with van der Waals surface area (Å²) in [6.45, 7) is 0. The van der Waals surface area contributed by atoms with Crippen molar-refractivity contribution in [2.45, 2.75) is 12.8 Å². The Morgan fingerprint density at radius 2 is 1.62 bits per heavy atom. The second-order valence-corrected chi connectivity index (χ2v) is 5.68. The van der Waals surface area contributed by atoms with Gasteiger partial charge in [-0.1, -0.05) is 12.1 Å². The van der Waals surface area contributed by atoms with Gasteiger partial charge < -0.3 is 15.0 Å². The van der Waals surface area contributed by atoms with E-state index in [1.165, 1.54) is 7.11 Å². The lowest BCUT2D eigenvalue weighted by Crippen LogP contribution is -2.12. The van der Waals surface area contributed by atoms with E-state index in [9.17, 15) is 9.59 Å². The molecule has 0 bridgehead atoms. The lowest BCUT2D eigenvalue weighted by atomic mass is 10.1. The van der Waals surface area contributed by atoms with E-state index in [4.69, 9.17) is 0 Å². The first-order chi connectivity index (χ1) is 11.5. The van der Waals surface area contributed by atoms with E-state index in [0.717, 1.165) is 11.3 Å². The molecule has 0 heterocycles. The molecule has 0 radical (unpaired) electrons. The summed E-state index contributed by atoms with van der Waals surface area (Å²) in [6.07, 6.45) is 1.08. The van der Waals surface area contributed by atoms with E-state index in [0.29, 0.717) is 24.1 Å². The Hall–Kier alpha value is -2.82. The molecule has 5 nitrogen and oxygen atoms in total. The van der Waals surface area contributed by atoms with Gasteiger partial charge in [0.25, 0.3) is 0 Å². The van der Waals surface area contributed by atoms with Crippen molar-refractivity contribution in [2.75, 3.05) is 31.4 Å². The summed E-state index contributed by atoms with van der Waals surface area (Å²) in [5.41, 5.74) is 3.37. The number of hydrogen-bond donors (Lipinski definition) is 1. The van der Waals surface area contributed by atoms with Gasteiger partial charge in [-0.05, 0) is 48.4 Å². The number of anilines is 2. The molecule has 0 aromatic heterocycles. The monoisotopic (exact) mass is 326 g/mol. The van der Waals surface area contributed by atoms with Crippen LogP contribution >= 0.6 is 0 Å². The number of nitrogens with zero attached hydrogens (tertiary/aromatic N) is 1. The van der Waals surface area contributed by atoms with Crippen LogP contribution in [-0.2, 0) is 16.0 Å². The molecule has 1 N–H and O–H groups in total. The lowest BCUT2D eigenvalue weighted by molar-refractivity contribution is -0.116. The highest BCUT2D eigenvalue weighted by molar-refractivity contribution is 5.93. The third kappa shape index (κ3) is 4.84. The minimum absolute atomic E-state index is 0.0579. The van der Waals surface area contributed by atoms with Crippen LogP contribution in [0.15, 0.2) is 48.5 Å². The molecule has 0 atom stereocenters. The first-order valence-corrected chi connectivity index (χ1v) is 7.74. The van der Waals surface area contributed by atoms with Crippen molar-refractivity contribution in [1.29, 1.82) is 0 Å². The first kappa shape index (κ1) is 17.5. The van der Waals surface area contributed by atoms with Gasteiger partial charge in [-0.3, -0.25) is 4.79 Å². The van der Waals surface area contributed by atoms with E-state index in [-0.39, 0.29) is 5.91 Å². The topological polar surface area (TPSA) is 58.6 Å². The Kier molecular flexibility index (Phi) is 5.95. The third-order valence-electron chi connectivity index (χ3n) is 3.68. The molecule has 1 amide bonds. The van der Waals surface area contributed by atoms with Gasteiger partial charge >= 0.3 is 5.97 Å². The Labute approximate surface area is 142 Å². The number of rotatable bonds is 6. The fourth-order valence-corrected chi connectivity index (χ4v) is 2.25. The van der Waals surface area contributed by atoms with Crippen LogP contribution in [-0.4, -0.2) is 33.1 Å². The maximum absolute atomic E-state index is 12.0. The molecule has 0 aliphatic heterocycles. The summed E-state index contributed by atoms with van der Waals surface area (Å²) in [5, 5.41) is 2.83. The smallest absolute Gasteiger partial charge is 0.337 e. The zero-order valence-electron chi connectivity index (χ0n) is 14.2. The van der Waals surface area contributed by atoms with Crippen molar-refractivity contribution >= 4 is 23.3 Å². The molecule has 5 heteroatoms. The predicted molar refractivity (Wildman–Crippen MR) is 95.5 cm³/mol. The fourth-order valence-electron chi connectivity index (χ4n) is 2.25. The molecule has 0 fully saturated rings. The molecule has 0 spiro atoms. The molecular weight excluding hydrogens is 304 g/mol. The van der Waals surface area contributed by atoms with Gasteiger partial charge in [-0.2, -0.15) is 0 Å². The second kappa shape index (κ2) is 8.15. The Morgan fingerprint density at radius 1 is 1.00 bits per heavy atom. The summed E-state index contributed by atoms with van der Waals surface area (Å²) in [7, 11) is 5.32. The first-order valence-electron chi connectivity index (χ1n) is 7.74. The number of methoxy groups -OCH3 is 1. The van der Waals surface area contributed by atoms with Crippen LogP contribution in [0, 0.1) is 0 Å². The average Bonchev–Trinajstić information content (AvgIpc) is 2.60. The van der Waals surface area contributed by atoms with E-state index in [1.807, 2.05) is 43.3 Å². The van der Waals surface area contributed by atoms with Gasteiger partial charge in [0.15, 0.2) is 0 Å². The predicted octanol–water partition coefficient (Wildman–Crippen LogP) is 3.11. The minimum atomic E-state index is -0.394. The largest absolute Gasteiger partial charge is 0.465 e. The van der Waals surface area contributed by atoms with Crippen molar-refractivity contribution in [3.05, 3.63) is 59.7 Å². The van der Waals surface area contributed by atoms with E-state index < -0.39 is 5.97 Å². The zero-order chi connectivity index (χ0) is 17.5. The lowest BCUT2D eigenvalue weighted by Gasteiger charge is -2.12. The number of carbonyl (C=O) groups excluding carboxylic acids is 2. The maximum atomic E-state index is 12.0. The standard InChI is InChI=1S/C19H22N2O3/c1-21(2)17-11-4-14(5-12-17)6-13-18(22)20-16-9-7-15(8-10-16)19(23)24-3/h4-5,7-12H,6,13H2,1-3H3,(H,20,22). The number of carbonyl (C=O) groups is 2. The van der Waals surface area contributed by atoms with Crippen molar-refractivity contribution in [3.8, 4) is 0 Å². The molecule has 0 aliphatic carbocycles. The van der Waals surface area contributed by atoms with Crippen LogP contribution in [0.3, 0.4) is 0 Å². The number of ether oxygens (including phenoxy) is 1. The Morgan fingerprint density at radius 3 is 2.17 bits per heavy atom. The summed E-state index contributed by atoms with van der Waals surface area (Å²) in [5.74, 6) is -0.452. The fraction of sp³-hybridized carbons (Fsp3) is 0.263. The van der Waals surface area contributed by atoms with Gasteiger partial charge in [-0.25, -0.2) is 4.79 Å². The molecule has 2 aromatic rings. The highest BCUT2D eigenvalue weighted by Crippen LogP contribution is 2.14. The van der Waals surface area contributed by atoms with Gasteiger partial charge in [0.05, 0.1) is 12.7 Å². The van der Waals surface area contributed by atoms with Crippen molar-refractivity contribution in [2.24, 2.45) is 0 Å². The molecule has 2 rings (SSSR count). The Bertz CT molecular complexity index is 692. The van der Waals surface area contributed by atoms with Crippen molar-refractivity contribution in [3.63, 3.8) is 0 Å². The number of benzene rings is 2. The normalized spacial score (nSPS) is 10.1. The van der Waals surface area contributed by atoms with Crippen LogP contribution < -0.4 is 10.2 Å². The number of esters is 1. The Balaban J connectivity index is 1.85. The number of amides is 1. The average molecular weight is 326 g/mol. The molecule has 126 valence electrons. The van der Waals surface area contributed by atoms with Crippen LogP contribution in [0.25, 0.3) is 0 Å². The number of aryl methyl sites for hydroxylation is 1. The molecule has 24 heavy (non-hydrogen) atoms. The third-order valence-corrected chi connectivity index (χ3v) is 3.68. The van der Waals surface area contributed by atoms with Crippen LogP contribution in [0.2, 0.25) is 0 Å².